The van der Waals surface area contributed by atoms with Gasteiger partial charge in [0, 0.05) is 12.1 Å². The van der Waals surface area contributed by atoms with Crippen LogP contribution in [0.2, 0.25) is 0 Å². The van der Waals surface area contributed by atoms with Gasteiger partial charge in [-0.1, -0.05) is 18.2 Å². The van der Waals surface area contributed by atoms with Gasteiger partial charge in [-0.25, -0.2) is 0 Å². The summed E-state index contributed by atoms with van der Waals surface area (Å²) >= 11 is 0. The van der Waals surface area contributed by atoms with Gasteiger partial charge in [0.2, 0.25) is 0 Å². The average Bonchev–Trinajstić information content (AvgIpc) is 2.74. The average molecular weight is 261 g/mol. The molecule has 1 aliphatic rings. The van der Waals surface area contributed by atoms with Crippen molar-refractivity contribution in [3.8, 4) is 0 Å². The molecule has 3 nitrogen and oxygen atoms in total. The minimum Gasteiger partial charge on any atom is -0.481 e. The number of aliphatic carboxylic acids is 1. The van der Waals surface area contributed by atoms with E-state index in [1.54, 1.807) is 0 Å². The Morgan fingerprint density at radius 2 is 2.05 bits per heavy atom. The Balaban J connectivity index is 2.18. The highest BCUT2D eigenvalue weighted by atomic mass is 16.4. The zero-order valence-electron chi connectivity index (χ0n) is 12.2. The molecule has 1 aromatic rings. The second kappa shape index (κ2) is 5.33. The van der Waals surface area contributed by atoms with E-state index < -0.39 is 5.97 Å². The third-order valence-electron chi connectivity index (χ3n) is 4.63. The minimum atomic E-state index is -0.665. The first-order chi connectivity index (χ1) is 8.91. The standard InChI is InChI=1S/C16H23NO2/c1-10-5-6-14(9-11(10)2)12(3)17-8-7-15(13(17)4)16(18)19/h5-6,9,12-13,15H,7-8H2,1-4H3,(H,18,19). The summed E-state index contributed by atoms with van der Waals surface area (Å²) in [4.78, 5) is 13.5. The lowest BCUT2D eigenvalue weighted by Gasteiger charge is -2.30. The summed E-state index contributed by atoms with van der Waals surface area (Å²) in [5.41, 5.74) is 3.88. The van der Waals surface area contributed by atoms with Crippen LogP contribution in [-0.2, 0) is 4.79 Å². The first kappa shape index (κ1) is 14.1. The summed E-state index contributed by atoms with van der Waals surface area (Å²) in [6.45, 7) is 9.31. The Kier molecular flexibility index (Phi) is 3.95. The normalized spacial score (nSPS) is 25.5. The molecule has 0 aliphatic carbocycles. The molecule has 0 saturated carbocycles. The molecule has 0 amide bonds. The van der Waals surface area contributed by atoms with Gasteiger partial charge in [-0.2, -0.15) is 0 Å². The number of carbonyl (C=O) groups is 1. The fourth-order valence-corrected chi connectivity index (χ4v) is 3.06. The van der Waals surface area contributed by atoms with E-state index in [0.29, 0.717) is 0 Å². The van der Waals surface area contributed by atoms with Crippen LogP contribution in [0.4, 0.5) is 0 Å². The van der Waals surface area contributed by atoms with Crippen LogP contribution in [0.3, 0.4) is 0 Å². The topological polar surface area (TPSA) is 40.5 Å². The summed E-state index contributed by atoms with van der Waals surface area (Å²) in [7, 11) is 0. The highest BCUT2D eigenvalue weighted by Gasteiger charge is 2.37. The molecule has 3 heteroatoms. The number of aryl methyl sites for hydroxylation is 2. The van der Waals surface area contributed by atoms with Crippen molar-refractivity contribution >= 4 is 5.97 Å². The van der Waals surface area contributed by atoms with E-state index in [9.17, 15) is 9.90 Å². The van der Waals surface area contributed by atoms with Crippen LogP contribution >= 0.6 is 0 Å². The molecule has 104 valence electrons. The summed E-state index contributed by atoms with van der Waals surface area (Å²) in [5, 5.41) is 9.21. The molecule has 2 rings (SSSR count). The molecule has 19 heavy (non-hydrogen) atoms. The largest absolute Gasteiger partial charge is 0.481 e. The van der Waals surface area contributed by atoms with Crippen LogP contribution < -0.4 is 0 Å². The van der Waals surface area contributed by atoms with Gasteiger partial charge in [0.25, 0.3) is 0 Å². The van der Waals surface area contributed by atoms with Gasteiger partial charge in [-0.3, -0.25) is 9.69 Å². The van der Waals surface area contributed by atoms with Gasteiger partial charge in [0.1, 0.15) is 0 Å². The molecule has 0 aromatic heterocycles. The predicted molar refractivity (Wildman–Crippen MR) is 76.2 cm³/mol. The van der Waals surface area contributed by atoms with Gasteiger partial charge in [-0.05, 0) is 57.4 Å². The molecule has 1 aliphatic heterocycles. The van der Waals surface area contributed by atoms with E-state index in [-0.39, 0.29) is 18.0 Å². The summed E-state index contributed by atoms with van der Waals surface area (Å²) in [5.74, 6) is -0.892. The lowest BCUT2D eigenvalue weighted by Crippen LogP contribution is -2.34. The Hall–Kier alpha value is -1.35. The molecule has 1 heterocycles. The minimum absolute atomic E-state index is 0.106. The van der Waals surface area contributed by atoms with Crippen LogP contribution in [0.5, 0.6) is 0 Å². The van der Waals surface area contributed by atoms with E-state index in [4.69, 9.17) is 0 Å². The number of hydrogen-bond donors (Lipinski definition) is 1. The van der Waals surface area contributed by atoms with Crippen LogP contribution in [0.1, 0.15) is 43.0 Å². The van der Waals surface area contributed by atoms with E-state index in [2.05, 4.69) is 43.9 Å². The van der Waals surface area contributed by atoms with Crippen molar-refractivity contribution in [2.75, 3.05) is 6.54 Å². The molecular weight excluding hydrogens is 238 g/mol. The highest BCUT2D eigenvalue weighted by molar-refractivity contribution is 5.71. The smallest absolute Gasteiger partial charge is 0.308 e. The van der Waals surface area contributed by atoms with E-state index in [1.807, 2.05) is 6.92 Å². The second-order valence-corrected chi connectivity index (χ2v) is 5.73. The Bertz CT molecular complexity index is 484. The molecule has 3 unspecified atom stereocenters. The van der Waals surface area contributed by atoms with Crippen LogP contribution in [0.15, 0.2) is 18.2 Å². The SMILES string of the molecule is Cc1ccc(C(C)N2CCC(C(=O)O)C2C)cc1C. The molecular formula is C16H23NO2. The van der Waals surface area contributed by atoms with Crippen molar-refractivity contribution in [3.63, 3.8) is 0 Å². The van der Waals surface area contributed by atoms with Crippen molar-refractivity contribution in [1.82, 2.24) is 4.90 Å². The van der Waals surface area contributed by atoms with Gasteiger partial charge in [0.15, 0.2) is 0 Å². The Morgan fingerprint density at radius 1 is 1.37 bits per heavy atom. The van der Waals surface area contributed by atoms with Crippen molar-refractivity contribution in [2.45, 2.75) is 46.2 Å². The monoisotopic (exact) mass is 261 g/mol. The first-order valence-electron chi connectivity index (χ1n) is 6.97. The third-order valence-corrected chi connectivity index (χ3v) is 4.63. The molecule has 0 spiro atoms. The fourth-order valence-electron chi connectivity index (χ4n) is 3.06. The molecule has 1 aromatic carbocycles. The van der Waals surface area contributed by atoms with Crippen molar-refractivity contribution in [2.24, 2.45) is 5.92 Å². The number of likely N-dealkylation sites (tertiary alicyclic amines) is 1. The summed E-state index contributed by atoms with van der Waals surface area (Å²) in [6.07, 6.45) is 0.756. The number of rotatable bonds is 3. The lowest BCUT2D eigenvalue weighted by molar-refractivity contribution is -0.142. The Labute approximate surface area is 115 Å². The number of nitrogens with zero attached hydrogens (tertiary/aromatic N) is 1. The maximum absolute atomic E-state index is 11.2. The van der Waals surface area contributed by atoms with Crippen molar-refractivity contribution < 1.29 is 9.90 Å². The summed E-state index contributed by atoms with van der Waals surface area (Å²) < 4.78 is 0. The van der Waals surface area contributed by atoms with Gasteiger partial charge >= 0.3 is 5.97 Å². The summed E-state index contributed by atoms with van der Waals surface area (Å²) in [6, 6.07) is 6.92. The van der Waals surface area contributed by atoms with Crippen molar-refractivity contribution in [1.29, 1.82) is 0 Å². The molecule has 1 fully saturated rings. The highest BCUT2D eigenvalue weighted by Crippen LogP contribution is 2.33. The maximum atomic E-state index is 11.2. The van der Waals surface area contributed by atoms with E-state index in [1.165, 1.54) is 16.7 Å². The number of carboxylic acid groups (broad SMARTS) is 1. The molecule has 0 bridgehead atoms. The second-order valence-electron chi connectivity index (χ2n) is 5.73. The molecule has 3 atom stereocenters. The van der Waals surface area contributed by atoms with Crippen LogP contribution in [0, 0.1) is 19.8 Å². The van der Waals surface area contributed by atoms with Gasteiger partial charge in [0.05, 0.1) is 5.92 Å². The predicted octanol–water partition coefficient (Wildman–Crippen LogP) is 3.16. The zero-order chi connectivity index (χ0) is 14.2. The van der Waals surface area contributed by atoms with Crippen molar-refractivity contribution in [3.05, 3.63) is 34.9 Å². The van der Waals surface area contributed by atoms with Crippen LogP contribution in [0.25, 0.3) is 0 Å². The third kappa shape index (κ3) is 2.66. The van der Waals surface area contributed by atoms with Crippen LogP contribution in [-0.4, -0.2) is 28.6 Å². The molecule has 0 radical (unpaired) electrons. The van der Waals surface area contributed by atoms with E-state index >= 15 is 0 Å². The number of hydrogen-bond acceptors (Lipinski definition) is 2. The van der Waals surface area contributed by atoms with Gasteiger partial charge in [-0.15, -0.1) is 0 Å². The molecule has 1 saturated heterocycles. The maximum Gasteiger partial charge on any atom is 0.308 e. The molecule has 1 N–H and O–H groups in total. The lowest BCUT2D eigenvalue weighted by atomic mass is 9.99. The Morgan fingerprint density at radius 3 is 2.58 bits per heavy atom. The first-order valence-corrected chi connectivity index (χ1v) is 6.97. The number of benzene rings is 1. The number of carboxylic acids is 1. The zero-order valence-corrected chi connectivity index (χ0v) is 12.2. The quantitative estimate of drug-likeness (QED) is 0.908. The fraction of sp³-hybridized carbons (Fsp3) is 0.562. The van der Waals surface area contributed by atoms with E-state index in [0.717, 1.165) is 13.0 Å². The van der Waals surface area contributed by atoms with Gasteiger partial charge < -0.3 is 5.11 Å².